The maximum atomic E-state index is 5.51. The summed E-state index contributed by atoms with van der Waals surface area (Å²) in [6, 6.07) is 3.92. The van der Waals surface area contributed by atoms with Gasteiger partial charge in [-0.3, -0.25) is 5.10 Å². The van der Waals surface area contributed by atoms with E-state index in [1.165, 1.54) is 24.1 Å². The van der Waals surface area contributed by atoms with Crippen LogP contribution in [0, 0.1) is 6.92 Å². The number of nitrogens with one attached hydrogen (secondary N) is 2. The molecule has 0 spiro atoms. The SMILES string of the molecule is COc1nc(-c2csc(Nc3[nH]nc4c3CCCC4)n2)ccc1-n1cnc(C)c1. The summed E-state index contributed by atoms with van der Waals surface area (Å²) >= 11 is 1.54. The van der Waals surface area contributed by atoms with Crippen molar-refractivity contribution in [3.05, 3.63) is 47.0 Å². The zero-order chi connectivity index (χ0) is 19.8. The Morgan fingerprint density at radius 2 is 2.07 bits per heavy atom. The number of nitrogens with zero attached hydrogens (tertiary/aromatic N) is 5. The topological polar surface area (TPSA) is 93.5 Å². The third-order valence-corrected chi connectivity index (χ3v) is 5.82. The number of hydrogen-bond acceptors (Lipinski definition) is 7. The number of imidazole rings is 1. The van der Waals surface area contributed by atoms with Gasteiger partial charge in [0.15, 0.2) is 5.13 Å². The minimum Gasteiger partial charge on any atom is -0.479 e. The first-order valence-electron chi connectivity index (χ1n) is 9.56. The molecule has 0 aromatic carbocycles. The Kier molecular flexibility index (Phi) is 4.51. The Hall–Kier alpha value is -3.20. The van der Waals surface area contributed by atoms with Gasteiger partial charge < -0.3 is 14.6 Å². The molecule has 0 atom stereocenters. The molecule has 2 N–H and O–H groups in total. The average molecular weight is 408 g/mol. The average Bonchev–Trinajstić information content (AvgIpc) is 3.48. The van der Waals surface area contributed by atoms with Gasteiger partial charge in [0.25, 0.3) is 0 Å². The molecular formula is C20H21N7OS. The number of methoxy groups -OCH3 is 1. The standard InChI is InChI=1S/C20H21N7OS/c1-12-9-27(11-21-12)17-8-7-15(22-19(17)28-2)16-10-29-20(23-16)24-18-13-5-3-4-6-14(13)25-26-18/h7-11H,3-6H2,1-2H3,(H2,23,24,25,26). The molecule has 148 valence electrons. The summed E-state index contributed by atoms with van der Waals surface area (Å²) in [6.07, 6.45) is 8.21. The second kappa shape index (κ2) is 7.32. The molecule has 0 aliphatic heterocycles. The highest BCUT2D eigenvalue weighted by Crippen LogP contribution is 2.32. The fourth-order valence-corrected chi connectivity index (χ4v) is 4.32. The Balaban J connectivity index is 1.41. The van der Waals surface area contributed by atoms with E-state index in [1.807, 2.05) is 35.2 Å². The number of H-pyrrole nitrogens is 1. The third-order valence-electron chi connectivity index (χ3n) is 5.07. The van der Waals surface area contributed by atoms with Crippen molar-refractivity contribution >= 4 is 22.3 Å². The van der Waals surface area contributed by atoms with Crippen LogP contribution in [0.3, 0.4) is 0 Å². The summed E-state index contributed by atoms with van der Waals surface area (Å²) in [4.78, 5) is 13.6. The van der Waals surface area contributed by atoms with E-state index in [0.29, 0.717) is 5.88 Å². The van der Waals surface area contributed by atoms with Crippen LogP contribution in [0.2, 0.25) is 0 Å². The number of aryl methyl sites for hydroxylation is 2. The molecular weight excluding hydrogens is 386 g/mol. The van der Waals surface area contributed by atoms with Gasteiger partial charge in [-0.05, 0) is 44.7 Å². The molecule has 29 heavy (non-hydrogen) atoms. The molecule has 0 saturated heterocycles. The Morgan fingerprint density at radius 3 is 2.90 bits per heavy atom. The first-order valence-corrected chi connectivity index (χ1v) is 10.4. The fourth-order valence-electron chi connectivity index (χ4n) is 3.61. The van der Waals surface area contributed by atoms with Gasteiger partial charge in [-0.2, -0.15) is 5.10 Å². The molecule has 0 unspecified atom stereocenters. The van der Waals surface area contributed by atoms with Crippen molar-refractivity contribution < 1.29 is 4.74 Å². The lowest BCUT2D eigenvalue weighted by Gasteiger charge is -2.10. The van der Waals surface area contributed by atoms with E-state index in [1.54, 1.807) is 24.8 Å². The number of thiazole rings is 1. The molecule has 0 radical (unpaired) electrons. The molecule has 0 bridgehead atoms. The number of aromatic amines is 1. The van der Waals surface area contributed by atoms with Crippen LogP contribution >= 0.6 is 11.3 Å². The quantitative estimate of drug-likeness (QED) is 0.518. The second-order valence-electron chi connectivity index (χ2n) is 7.04. The predicted molar refractivity (Wildman–Crippen MR) is 112 cm³/mol. The molecule has 8 nitrogen and oxygen atoms in total. The molecule has 9 heteroatoms. The smallest absolute Gasteiger partial charge is 0.238 e. The molecule has 4 aromatic rings. The highest BCUT2D eigenvalue weighted by Gasteiger charge is 2.18. The van der Waals surface area contributed by atoms with Crippen molar-refractivity contribution in [3.63, 3.8) is 0 Å². The molecule has 0 saturated carbocycles. The van der Waals surface area contributed by atoms with Crippen LogP contribution in [-0.2, 0) is 12.8 Å². The minimum absolute atomic E-state index is 0.532. The largest absolute Gasteiger partial charge is 0.479 e. The molecule has 4 aromatic heterocycles. The van der Waals surface area contributed by atoms with Crippen LogP contribution in [-0.4, -0.2) is 36.8 Å². The van der Waals surface area contributed by atoms with Gasteiger partial charge in [0.05, 0.1) is 30.5 Å². The predicted octanol–water partition coefficient (Wildman–Crippen LogP) is 4.05. The van der Waals surface area contributed by atoms with Crippen molar-refractivity contribution in [3.8, 4) is 23.0 Å². The Labute approximate surface area is 172 Å². The number of hydrogen-bond donors (Lipinski definition) is 2. The molecule has 0 amide bonds. The highest BCUT2D eigenvalue weighted by atomic mass is 32.1. The number of pyridine rings is 1. The van der Waals surface area contributed by atoms with Gasteiger partial charge in [0.2, 0.25) is 5.88 Å². The number of aromatic nitrogens is 6. The van der Waals surface area contributed by atoms with Gasteiger partial charge in [0, 0.05) is 17.1 Å². The maximum absolute atomic E-state index is 5.51. The number of ether oxygens (including phenoxy) is 1. The van der Waals surface area contributed by atoms with Crippen molar-refractivity contribution in [1.29, 1.82) is 0 Å². The first-order chi connectivity index (χ1) is 14.2. The Morgan fingerprint density at radius 1 is 1.17 bits per heavy atom. The van der Waals surface area contributed by atoms with E-state index in [9.17, 15) is 0 Å². The third kappa shape index (κ3) is 3.38. The number of fused-ring (bicyclic) bond motifs is 1. The van der Waals surface area contributed by atoms with E-state index in [-0.39, 0.29) is 0 Å². The van der Waals surface area contributed by atoms with Crippen molar-refractivity contribution in [2.75, 3.05) is 12.4 Å². The van der Waals surface area contributed by atoms with Gasteiger partial charge >= 0.3 is 0 Å². The highest BCUT2D eigenvalue weighted by molar-refractivity contribution is 7.14. The van der Waals surface area contributed by atoms with E-state index in [0.717, 1.165) is 46.6 Å². The van der Waals surface area contributed by atoms with Crippen LogP contribution in [0.25, 0.3) is 17.1 Å². The van der Waals surface area contributed by atoms with Gasteiger partial charge in [-0.15, -0.1) is 11.3 Å². The second-order valence-corrected chi connectivity index (χ2v) is 7.90. The van der Waals surface area contributed by atoms with Crippen molar-refractivity contribution in [2.24, 2.45) is 0 Å². The maximum Gasteiger partial charge on any atom is 0.238 e. The normalized spacial score (nSPS) is 13.3. The van der Waals surface area contributed by atoms with Crippen LogP contribution in [0.4, 0.5) is 10.9 Å². The zero-order valence-corrected chi connectivity index (χ0v) is 17.1. The molecule has 0 fully saturated rings. The van der Waals surface area contributed by atoms with E-state index in [4.69, 9.17) is 9.72 Å². The lowest BCUT2D eigenvalue weighted by molar-refractivity contribution is 0.396. The molecule has 1 aliphatic rings. The van der Waals surface area contributed by atoms with E-state index < -0.39 is 0 Å². The van der Waals surface area contributed by atoms with Crippen LogP contribution in [0.15, 0.2) is 30.0 Å². The zero-order valence-electron chi connectivity index (χ0n) is 16.3. The fraction of sp³-hybridized carbons (Fsp3) is 0.300. The molecule has 4 heterocycles. The van der Waals surface area contributed by atoms with Gasteiger partial charge in [0.1, 0.15) is 17.2 Å². The summed E-state index contributed by atoms with van der Waals surface area (Å²) in [7, 11) is 1.62. The molecule has 5 rings (SSSR count). The van der Waals surface area contributed by atoms with Crippen molar-refractivity contribution in [1.82, 2.24) is 29.7 Å². The summed E-state index contributed by atoms with van der Waals surface area (Å²) in [5.74, 6) is 1.49. The Bertz CT molecular complexity index is 1160. The van der Waals surface area contributed by atoms with E-state index in [2.05, 4.69) is 25.5 Å². The van der Waals surface area contributed by atoms with Crippen LogP contribution < -0.4 is 10.1 Å². The van der Waals surface area contributed by atoms with Gasteiger partial charge in [-0.1, -0.05) is 0 Å². The lowest BCUT2D eigenvalue weighted by Crippen LogP contribution is -2.02. The van der Waals surface area contributed by atoms with Crippen LogP contribution in [0.1, 0.15) is 29.8 Å². The summed E-state index contributed by atoms with van der Waals surface area (Å²) in [5, 5.41) is 13.7. The number of anilines is 2. The summed E-state index contributed by atoms with van der Waals surface area (Å²) < 4.78 is 7.42. The van der Waals surface area contributed by atoms with Crippen molar-refractivity contribution in [2.45, 2.75) is 32.6 Å². The minimum atomic E-state index is 0.532. The van der Waals surface area contributed by atoms with Gasteiger partial charge in [-0.25, -0.2) is 15.0 Å². The number of rotatable bonds is 5. The monoisotopic (exact) mass is 407 g/mol. The lowest BCUT2D eigenvalue weighted by atomic mass is 9.98. The molecule has 1 aliphatic carbocycles. The van der Waals surface area contributed by atoms with Crippen LogP contribution in [0.5, 0.6) is 5.88 Å². The first kappa shape index (κ1) is 17.9. The summed E-state index contributed by atoms with van der Waals surface area (Å²) in [6.45, 7) is 1.95. The summed E-state index contributed by atoms with van der Waals surface area (Å²) in [5.41, 5.74) is 5.80. The van der Waals surface area contributed by atoms with E-state index >= 15 is 0 Å².